The Bertz CT molecular complexity index is 132. The van der Waals surface area contributed by atoms with E-state index in [1.54, 1.807) is 0 Å². The normalized spacial score (nSPS) is 20.4. The van der Waals surface area contributed by atoms with Crippen LogP contribution in [0.1, 0.15) is 26.2 Å². The van der Waals surface area contributed by atoms with E-state index in [9.17, 15) is 0 Å². The number of halogens is 1. The minimum atomic E-state index is 0.512. The molecule has 0 spiro atoms. The van der Waals surface area contributed by atoms with Crippen LogP contribution in [0.5, 0.6) is 0 Å². The van der Waals surface area contributed by atoms with E-state index in [2.05, 4.69) is 4.51 Å². The number of ether oxygens (including phenoxy) is 1. The van der Waals surface area contributed by atoms with E-state index in [-0.39, 0.29) is 0 Å². The average molecular weight is 162 g/mol. The van der Waals surface area contributed by atoms with Gasteiger partial charge in [0.15, 0.2) is 0 Å². The highest BCUT2D eigenvalue weighted by atomic mass is 35.5. The van der Waals surface area contributed by atoms with Gasteiger partial charge in [-0.2, -0.15) is 0 Å². The van der Waals surface area contributed by atoms with E-state index >= 15 is 0 Å². The second-order valence-corrected chi connectivity index (χ2v) is 2.65. The molecule has 0 radical (unpaired) electrons. The Kier molecular flexibility index (Phi) is 3.00. The van der Waals surface area contributed by atoms with E-state index < -0.39 is 0 Å². The highest BCUT2D eigenvalue weighted by Crippen LogP contribution is 2.28. The number of nitrogens with zero attached hydrogens (tertiary/aromatic N) is 1. The molecule has 1 saturated carbocycles. The van der Waals surface area contributed by atoms with Crippen LogP contribution in [-0.2, 0) is 4.74 Å². The molecule has 10 heavy (non-hydrogen) atoms. The molecule has 2 nitrogen and oxygen atoms in total. The zero-order chi connectivity index (χ0) is 7.40. The van der Waals surface area contributed by atoms with Crippen molar-refractivity contribution in [3.8, 4) is 0 Å². The maximum atomic E-state index is 5.32. The smallest absolute Gasteiger partial charge is 0.204 e. The van der Waals surface area contributed by atoms with Gasteiger partial charge in [-0.25, -0.2) is 0 Å². The summed E-state index contributed by atoms with van der Waals surface area (Å²) in [6.45, 7) is 2.61. The lowest BCUT2D eigenvalue weighted by molar-refractivity contribution is 0.265. The third-order valence-corrected chi connectivity index (χ3v) is 2.00. The Labute approximate surface area is 66.3 Å². The Balaban J connectivity index is 2.32. The maximum absolute atomic E-state index is 5.32. The maximum Gasteiger partial charge on any atom is 0.204 e. The van der Waals surface area contributed by atoms with Gasteiger partial charge in [0.1, 0.15) is 0 Å². The van der Waals surface area contributed by atoms with Gasteiger partial charge in [-0.15, -0.1) is 4.51 Å². The summed E-state index contributed by atoms with van der Waals surface area (Å²) in [5.74, 6) is 1.24. The molecular weight excluding hydrogens is 150 g/mol. The summed E-state index contributed by atoms with van der Waals surface area (Å²) >= 11 is 5.32. The van der Waals surface area contributed by atoms with Crippen molar-refractivity contribution in [1.29, 1.82) is 0 Å². The van der Waals surface area contributed by atoms with Crippen LogP contribution in [-0.4, -0.2) is 12.5 Å². The first-order valence-corrected chi connectivity index (χ1v) is 4.04. The zero-order valence-electron chi connectivity index (χ0n) is 6.14. The van der Waals surface area contributed by atoms with Gasteiger partial charge in [-0.1, -0.05) is 6.42 Å². The van der Waals surface area contributed by atoms with Gasteiger partial charge in [0, 0.05) is 17.7 Å². The Morgan fingerprint density at radius 2 is 2.40 bits per heavy atom. The molecule has 1 fully saturated rings. The number of hydrogen-bond donors (Lipinski definition) is 0. The molecule has 0 N–H and O–H groups in total. The lowest BCUT2D eigenvalue weighted by atomic mass is 9.85. The summed E-state index contributed by atoms with van der Waals surface area (Å²) in [5.41, 5.74) is 0. The Hall–Kier alpha value is -0.240. The fraction of sp³-hybridized carbons (Fsp3) is 0.857. The van der Waals surface area contributed by atoms with Crippen LogP contribution >= 0.6 is 11.8 Å². The van der Waals surface area contributed by atoms with Crippen LogP contribution in [0.3, 0.4) is 0 Å². The van der Waals surface area contributed by atoms with Crippen molar-refractivity contribution in [2.75, 3.05) is 6.61 Å². The summed E-state index contributed by atoms with van der Waals surface area (Å²) in [5, 5.41) is 0. The minimum absolute atomic E-state index is 0.512. The molecule has 3 heteroatoms. The molecule has 0 unspecified atom stereocenters. The molecule has 0 heterocycles. The second kappa shape index (κ2) is 3.81. The highest BCUT2D eigenvalue weighted by Gasteiger charge is 2.24. The first-order chi connectivity index (χ1) is 4.88. The van der Waals surface area contributed by atoms with Crippen molar-refractivity contribution in [2.45, 2.75) is 26.2 Å². The van der Waals surface area contributed by atoms with Gasteiger partial charge in [0.2, 0.25) is 5.90 Å². The van der Waals surface area contributed by atoms with Gasteiger partial charge < -0.3 is 4.74 Å². The summed E-state index contributed by atoms with van der Waals surface area (Å²) in [6.07, 6.45) is 3.66. The van der Waals surface area contributed by atoms with Gasteiger partial charge in [-0.3, -0.25) is 0 Å². The molecule has 0 saturated heterocycles. The molecule has 0 aliphatic heterocycles. The second-order valence-electron chi connectivity index (χ2n) is 2.48. The van der Waals surface area contributed by atoms with E-state index in [4.69, 9.17) is 16.5 Å². The van der Waals surface area contributed by atoms with Gasteiger partial charge in [-0.05, 0) is 19.8 Å². The van der Waals surface area contributed by atoms with Crippen LogP contribution < -0.4 is 0 Å². The van der Waals surface area contributed by atoms with Crippen LogP contribution in [0.25, 0.3) is 0 Å². The number of hydrogen-bond acceptors (Lipinski definition) is 2. The topological polar surface area (TPSA) is 21.6 Å². The van der Waals surface area contributed by atoms with Gasteiger partial charge in [0.25, 0.3) is 0 Å². The van der Waals surface area contributed by atoms with Gasteiger partial charge >= 0.3 is 0 Å². The molecular formula is C7H12ClNO. The third-order valence-electron chi connectivity index (χ3n) is 1.83. The minimum Gasteiger partial charge on any atom is -0.480 e. The third kappa shape index (κ3) is 1.63. The molecule has 0 aromatic rings. The van der Waals surface area contributed by atoms with Crippen LogP contribution in [0.4, 0.5) is 0 Å². The SMILES string of the molecule is CCOC(=NCl)C1CCC1. The molecule has 0 aromatic carbocycles. The first-order valence-electron chi connectivity index (χ1n) is 3.70. The lowest BCUT2D eigenvalue weighted by Crippen LogP contribution is -2.23. The monoisotopic (exact) mass is 161 g/mol. The van der Waals surface area contributed by atoms with Crippen molar-refractivity contribution >= 4 is 17.7 Å². The molecule has 1 rings (SSSR count). The Morgan fingerprint density at radius 3 is 2.70 bits per heavy atom. The molecule has 0 aromatic heterocycles. The van der Waals surface area contributed by atoms with Crippen molar-refractivity contribution in [1.82, 2.24) is 0 Å². The van der Waals surface area contributed by atoms with Gasteiger partial charge in [0.05, 0.1) is 6.61 Å². The number of rotatable bonds is 2. The average Bonchev–Trinajstić information content (AvgIpc) is 1.83. The molecule has 0 bridgehead atoms. The van der Waals surface area contributed by atoms with Crippen molar-refractivity contribution < 1.29 is 4.74 Å². The van der Waals surface area contributed by atoms with Crippen LogP contribution in [0.2, 0.25) is 0 Å². The van der Waals surface area contributed by atoms with Crippen molar-refractivity contribution in [3.63, 3.8) is 0 Å². The summed E-state index contributed by atoms with van der Waals surface area (Å²) in [6, 6.07) is 0. The van der Waals surface area contributed by atoms with E-state index in [1.807, 2.05) is 6.92 Å². The summed E-state index contributed by atoms with van der Waals surface area (Å²) < 4.78 is 8.78. The molecule has 1 aliphatic carbocycles. The predicted octanol–water partition coefficient (Wildman–Crippen LogP) is 2.38. The quantitative estimate of drug-likeness (QED) is 0.450. The summed E-state index contributed by atoms with van der Waals surface area (Å²) in [4.78, 5) is 0. The van der Waals surface area contributed by atoms with Crippen LogP contribution in [0.15, 0.2) is 4.51 Å². The fourth-order valence-corrected chi connectivity index (χ4v) is 1.20. The zero-order valence-corrected chi connectivity index (χ0v) is 6.90. The Morgan fingerprint density at radius 1 is 1.70 bits per heavy atom. The van der Waals surface area contributed by atoms with Crippen molar-refractivity contribution in [3.05, 3.63) is 0 Å². The highest BCUT2D eigenvalue weighted by molar-refractivity contribution is 6.19. The lowest BCUT2D eigenvalue weighted by Gasteiger charge is -2.25. The first kappa shape index (κ1) is 7.86. The standard InChI is InChI=1S/C7H12ClNO/c1-2-10-7(9-8)6-4-3-5-6/h6H,2-5H2,1H3. The largest absolute Gasteiger partial charge is 0.480 e. The van der Waals surface area contributed by atoms with E-state index in [1.165, 1.54) is 19.3 Å². The molecule has 0 amide bonds. The molecule has 58 valence electrons. The van der Waals surface area contributed by atoms with Crippen LogP contribution in [0, 0.1) is 5.92 Å². The molecule has 1 aliphatic rings. The summed E-state index contributed by atoms with van der Waals surface area (Å²) in [7, 11) is 0. The predicted molar refractivity (Wildman–Crippen MR) is 42.3 cm³/mol. The van der Waals surface area contributed by atoms with E-state index in [0.717, 1.165) is 5.90 Å². The fourth-order valence-electron chi connectivity index (χ4n) is 1.01. The van der Waals surface area contributed by atoms with E-state index in [0.29, 0.717) is 12.5 Å². The van der Waals surface area contributed by atoms with Crippen molar-refractivity contribution in [2.24, 2.45) is 10.4 Å². The molecule has 0 atom stereocenters.